The Morgan fingerprint density at radius 2 is 2.12 bits per heavy atom. The van der Waals surface area contributed by atoms with Crippen molar-refractivity contribution in [1.82, 2.24) is 19.4 Å². The lowest BCUT2D eigenvalue weighted by Crippen LogP contribution is -2.43. The second kappa shape index (κ2) is 6.37. The molecule has 1 aromatic carbocycles. The molecule has 0 bridgehead atoms. The molecule has 0 saturated carbocycles. The van der Waals surface area contributed by atoms with Crippen LogP contribution in [0.25, 0.3) is 10.9 Å². The number of nitrogens with one attached hydrogen (secondary N) is 1. The van der Waals surface area contributed by atoms with E-state index < -0.39 is 0 Å². The van der Waals surface area contributed by atoms with Crippen molar-refractivity contribution in [3.8, 4) is 0 Å². The van der Waals surface area contributed by atoms with Crippen LogP contribution in [0.15, 0.2) is 42.9 Å². The molecule has 1 N–H and O–H groups in total. The highest BCUT2D eigenvalue weighted by Crippen LogP contribution is 2.28. The van der Waals surface area contributed by atoms with Gasteiger partial charge in [0.05, 0.1) is 6.04 Å². The summed E-state index contributed by atoms with van der Waals surface area (Å²) in [6.07, 6.45) is 7.23. The molecule has 4 rings (SSSR count). The lowest BCUT2D eigenvalue weighted by Gasteiger charge is -2.32. The number of ether oxygens (including phenoxy) is 1. The maximum atomic E-state index is 12.9. The number of benzene rings is 1. The highest BCUT2D eigenvalue weighted by molar-refractivity contribution is 6.06. The third-order valence-corrected chi connectivity index (χ3v) is 4.92. The van der Waals surface area contributed by atoms with Crippen LogP contribution in [0.4, 0.5) is 0 Å². The molecule has 1 saturated heterocycles. The molecular weight excluding hydrogens is 316 g/mol. The van der Waals surface area contributed by atoms with Crippen LogP contribution in [0, 0.1) is 0 Å². The fourth-order valence-corrected chi connectivity index (χ4v) is 3.58. The summed E-state index contributed by atoms with van der Waals surface area (Å²) in [5.41, 5.74) is 1.75. The molecule has 6 nitrogen and oxygen atoms in total. The molecule has 0 unspecified atom stereocenters. The van der Waals surface area contributed by atoms with Gasteiger partial charge in [0.15, 0.2) is 0 Å². The number of rotatable bonds is 3. The van der Waals surface area contributed by atoms with E-state index in [0.29, 0.717) is 12.2 Å². The number of hydrogen-bond acceptors (Lipinski definition) is 3. The molecule has 3 aromatic rings. The van der Waals surface area contributed by atoms with Gasteiger partial charge in [-0.1, -0.05) is 6.07 Å². The van der Waals surface area contributed by atoms with E-state index in [1.807, 2.05) is 59.9 Å². The largest absolute Gasteiger partial charge is 0.368 e. The van der Waals surface area contributed by atoms with E-state index in [1.165, 1.54) is 0 Å². The summed E-state index contributed by atoms with van der Waals surface area (Å²) in [4.78, 5) is 17.3. The van der Waals surface area contributed by atoms with Crippen molar-refractivity contribution in [2.24, 2.45) is 14.1 Å². The molecule has 130 valence electrons. The summed E-state index contributed by atoms with van der Waals surface area (Å²) in [6.45, 7) is 0.693. The number of carbonyl (C=O) groups is 1. The third kappa shape index (κ3) is 2.82. The Kier molecular flexibility index (Phi) is 4.05. The molecule has 0 radical (unpaired) electrons. The minimum atomic E-state index is -0.215. The highest BCUT2D eigenvalue weighted by Gasteiger charge is 2.32. The SMILES string of the molecule is Cn1ccnc1[C@@H]1OCCC[C@H]1NC(=O)c1cccc2c1ccn2C. The van der Waals surface area contributed by atoms with Crippen LogP contribution in [-0.4, -0.2) is 32.7 Å². The van der Waals surface area contributed by atoms with Gasteiger partial charge in [0.1, 0.15) is 11.9 Å². The van der Waals surface area contributed by atoms with Crippen molar-refractivity contribution in [2.45, 2.75) is 25.0 Å². The molecule has 1 aliphatic heterocycles. The number of fused-ring (bicyclic) bond motifs is 1. The first kappa shape index (κ1) is 15.9. The smallest absolute Gasteiger partial charge is 0.252 e. The molecule has 6 heteroatoms. The number of amides is 1. The quantitative estimate of drug-likeness (QED) is 0.798. The molecule has 1 aliphatic rings. The van der Waals surface area contributed by atoms with E-state index in [4.69, 9.17) is 4.74 Å². The van der Waals surface area contributed by atoms with Gasteiger partial charge in [-0.15, -0.1) is 0 Å². The fourth-order valence-electron chi connectivity index (χ4n) is 3.58. The Morgan fingerprint density at radius 1 is 1.24 bits per heavy atom. The van der Waals surface area contributed by atoms with Crippen LogP contribution in [0.1, 0.15) is 35.1 Å². The summed E-state index contributed by atoms with van der Waals surface area (Å²) in [6, 6.07) is 7.72. The van der Waals surface area contributed by atoms with Gasteiger partial charge in [-0.2, -0.15) is 0 Å². The van der Waals surface area contributed by atoms with Crippen LogP contribution in [0.5, 0.6) is 0 Å². The van der Waals surface area contributed by atoms with Crippen LogP contribution < -0.4 is 5.32 Å². The molecule has 3 heterocycles. The molecule has 2 atom stereocenters. The molecule has 25 heavy (non-hydrogen) atoms. The van der Waals surface area contributed by atoms with Gasteiger partial charge in [0.2, 0.25) is 0 Å². The predicted molar refractivity (Wildman–Crippen MR) is 95.3 cm³/mol. The second-order valence-electron chi connectivity index (χ2n) is 6.57. The first-order valence-corrected chi connectivity index (χ1v) is 8.59. The fraction of sp³-hybridized carbons (Fsp3) is 0.368. The molecule has 2 aromatic heterocycles. The minimum absolute atomic E-state index is 0.0634. The van der Waals surface area contributed by atoms with E-state index in [9.17, 15) is 4.79 Å². The Bertz CT molecular complexity index is 911. The van der Waals surface area contributed by atoms with Gasteiger partial charge in [-0.05, 0) is 31.0 Å². The minimum Gasteiger partial charge on any atom is -0.368 e. The predicted octanol–water partition coefficient (Wildman–Crippen LogP) is 2.56. The summed E-state index contributed by atoms with van der Waals surface area (Å²) in [5, 5.41) is 4.14. The monoisotopic (exact) mass is 338 g/mol. The number of aromatic nitrogens is 3. The summed E-state index contributed by atoms with van der Waals surface area (Å²) >= 11 is 0. The molecule has 1 fully saturated rings. The summed E-state index contributed by atoms with van der Waals surface area (Å²) in [7, 11) is 3.93. The number of nitrogens with zero attached hydrogens (tertiary/aromatic N) is 3. The lowest BCUT2D eigenvalue weighted by molar-refractivity contribution is -0.0159. The average molecular weight is 338 g/mol. The van der Waals surface area contributed by atoms with Crippen LogP contribution in [0.2, 0.25) is 0 Å². The number of aryl methyl sites for hydroxylation is 2. The zero-order valence-electron chi connectivity index (χ0n) is 14.5. The van der Waals surface area contributed by atoms with Crippen molar-refractivity contribution in [3.05, 3.63) is 54.2 Å². The van der Waals surface area contributed by atoms with Crippen LogP contribution in [-0.2, 0) is 18.8 Å². The van der Waals surface area contributed by atoms with Crippen molar-refractivity contribution in [2.75, 3.05) is 6.61 Å². The summed E-state index contributed by atoms with van der Waals surface area (Å²) < 4.78 is 9.91. The van der Waals surface area contributed by atoms with Crippen molar-refractivity contribution < 1.29 is 9.53 Å². The van der Waals surface area contributed by atoms with E-state index in [2.05, 4.69) is 10.3 Å². The lowest BCUT2D eigenvalue weighted by atomic mass is 10.0. The van der Waals surface area contributed by atoms with Crippen LogP contribution in [0.3, 0.4) is 0 Å². The van der Waals surface area contributed by atoms with Crippen LogP contribution >= 0.6 is 0 Å². The Labute approximate surface area is 146 Å². The van der Waals surface area contributed by atoms with Crippen molar-refractivity contribution >= 4 is 16.8 Å². The standard InChI is InChI=1S/C19H22N4O2/c1-22-10-8-13-14(5-3-7-16(13)22)19(24)21-15-6-4-12-25-17(15)18-20-9-11-23(18)2/h3,5,7-11,15,17H,4,6,12H2,1-2H3,(H,21,24)/t15-,17-/m1/s1. The topological polar surface area (TPSA) is 61.1 Å². The Balaban J connectivity index is 1.61. The van der Waals surface area contributed by atoms with Crippen molar-refractivity contribution in [3.63, 3.8) is 0 Å². The van der Waals surface area contributed by atoms with Gasteiger partial charge in [0, 0.05) is 55.8 Å². The van der Waals surface area contributed by atoms with Gasteiger partial charge < -0.3 is 19.2 Å². The van der Waals surface area contributed by atoms with E-state index >= 15 is 0 Å². The van der Waals surface area contributed by atoms with Gasteiger partial charge in [-0.3, -0.25) is 4.79 Å². The highest BCUT2D eigenvalue weighted by atomic mass is 16.5. The molecular formula is C19H22N4O2. The molecule has 1 amide bonds. The zero-order valence-corrected chi connectivity index (χ0v) is 14.5. The maximum Gasteiger partial charge on any atom is 0.252 e. The van der Waals surface area contributed by atoms with Crippen molar-refractivity contribution in [1.29, 1.82) is 0 Å². The third-order valence-electron chi connectivity index (χ3n) is 4.92. The molecule has 0 aliphatic carbocycles. The van der Waals surface area contributed by atoms with Gasteiger partial charge >= 0.3 is 0 Å². The number of carbonyl (C=O) groups excluding carboxylic acids is 1. The number of hydrogen-bond donors (Lipinski definition) is 1. The van der Waals surface area contributed by atoms with E-state index in [0.717, 1.165) is 29.6 Å². The Morgan fingerprint density at radius 3 is 2.92 bits per heavy atom. The van der Waals surface area contributed by atoms with Gasteiger partial charge in [-0.25, -0.2) is 4.98 Å². The zero-order chi connectivity index (χ0) is 17.4. The average Bonchev–Trinajstić information content (AvgIpc) is 3.21. The normalized spacial score (nSPS) is 20.7. The first-order chi connectivity index (χ1) is 12.1. The molecule has 0 spiro atoms. The first-order valence-electron chi connectivity index (χ1n) is 8.59. The maximum absolute atomic E-state index is 12.9. The van der Waals surface area contributed by atoms with E-state index in [-0.39, 0.29) is 18.1 Å². The van der Waals surface area contributed by atoms with E-state index in [1.54, 1.807) is 6.20 Å². The second-order valence-corrected chi connectivity index (χ2v) is 6.57. The number of imidazole rings is 1. The summed E-state index contributed by atoms with van der Waals surface area (Å²) in [5.74, 6) is 0.787. The Hall–Kier alpha value is -2.60. The van der Waals surface area contributed by atoms with Gasteiger partial charge in [0.25, 0.3) is 5.91 Å².